The first-order chi connectivity index (χ1) is 18.6. The summed E-state index contributed by atoms with van der Waals surface area (Å²) in [6.45, 7) is 0. The zero-order valence-corrected chi connectivity index (χ0v) is 20.6. The smallest absolute Gasteiger partial charge is 0.336 e. The van der Waals surface area contributed by atoms with Gasteiger partial charge < -0.3 is 10.6 Å². The van der Waals surface area contributed by atoms with Crippen molar-refractivity contribution in [3.05, 3.63) is 108 Å². The Bertz CT molecular complexity index is 1710. The molecule has 1 unspecified atom stereocenters. The van der Waals surface area contributed by atoms with Crippen LogP contribution in [0.3, 0.4) is 0 Å². The molecular weight excluding hydrogens is 476 g/mol. The van der Waals surface area contributed by atoms with E-state index in [-0.39, 0.29) is 12.1 Å². The summed E-state index contributed by atoms with van der Waals surface area (Å²) in [5.41, 5.74) is 4.80. The van der Waals surface area contributed by atoms with Crippen LogP contribution in [0.25, 0.3) is 5.65 Å². The highest BCUT2D eigenvalue weighted by Crippen LogP contribution is 2.28. The number of nitrogens with zero attached hydrogens (tertiary/aromatic N) is 6. The van der Waals surface area contributed by atoms with Crippen molar-refractivity contribution in [1.29, 1.82) is 0 Å². The van der Waals surface area contributed by atoms with Gasteiger partial charge in [0.1, 0.15) is 5.69 Å². The summed E-state index contributed by atoms with van der Waals surface area (Å²) in [7, 11) is 1.87. The monoisotopic (exact) mass is 500 g/mol. The van der Waals surface area contributed by atoms with Gasteiger partial charge >= 0.3 is 6.03 Å². The molecule has 0 saturated carbocycles. The van der Waals surface area contributed by atoms with Crippen LogP contribution in [0.2, 0.25) is 0 Å². The van der Waals surface area contributed by atoms with Crippen LogP contribution in [0.4, 0.5) is 22.0 Å². The molecule has 2 N–H and O–H groups in total. The fourth-order valence-electron chi connectivity index (χ4n) is 4.37. The molecule has 0 aliphatic carbocycles. The topological polar surface area (TPSA) is 91.8 Å². The Labute approximate surface area is 219 Å². The second-order valence-corrected chi connectivity index (χ2v) is 8.82. The first-order valence-corrected chi connectivity index (χ1v) is 12.2. The standard InChI is InChI=1S/C29H24N8O/c1-35-18-15-27(34-35)33-25-11-6-17-36-24(20-30-28(25)36)13-12-21-7-5-10-23(19-21)32-29(38)37-26(14-16-31-37)22-8-3-2-4-9-22/h2-11,15-20,26H,14H2,1H3,(H,32,38)(H,33,34). The molecule has 2 amide bonds. The minimum Gasteiger partial charge on any atom is -0.336 e. The van der Waals surface area contributed by atoms with E-state index in [1.807, 2.05) is 96.6 Å². The van der Waals surface area contributed by atoms with Gasteiger partial charge in [0.05, 0.1) is 17.9 Å². The predicted octanol–water partition coefficient (Wildman–Crippen LogP) is 5.18. The van der Waals surface area contributed by atoms with Gasteiger partial charge in [0.25, 0.3) is 0 Å². The second kappa shape index (κ2) is 9.95. The number of imidazole rings is 1. The Hall–Kier alpha value is -5.36. The number of nitrogens with one attached hydrogen (secondary N) is 2. The van der Waals surface area contributed by atoms with E-state index in [1.165, 1.54) is 5.01 Å². The van der Waals surface area contributed by atoms with Gasteiger partial charge in [-0.3, -0.25) is 9.08 Å². The Morgan fingerprint density at radius 2 is 1.89 bits per heavy atom. The van der Waals surface area contributed by atoms with Crippen LogP contribution in [0, 0.1) is 11.8 Å². The summed E-state index contributed by atoms with van der Waals surface area (Å²) in [5, 5.41) is 16.4. The van der Waals surface area contributed by atoms with Crippen molar-refractivity contribution in [2.24, 2.45) is 12.1 Å². The van der Waals surface area contributed by atoms with Crippen LogP contribution < -0.4 is 10.6 Å². The van der Waals surface area contributed by atoms with Crippen molar-refractivity contribution in [1.82, 2.24) is 24.2 Å². The van der Waals surface area contributed by atoms with Crippen LogP contribution in [-0.4, -0.2) is 36.4 Å². The Balaban J connectivity index is 1.19. The Morgan fingerprint density at radius 1 is 1.00 bits per heavy atom. The molecule has 9 heteroatoms. The lowest BCUT2D eigenvalue weighted by Crippen LogP contribution is -2.31. The zero-order chi connectivity index (χ0) is 25.9. The summed E-state index contributed by atoms with van der Waals surface area (Å²) in [6.07, 6.45) is 7.99. The fourth-order valence-corrected chi connectivity index (χ4v) is 4.37. The number of hydrogen-bond donors (Lipinski definition) is 2. The average Bonchev–Trinajstić information content (AvgIpc) is 3.69. The van der Waals surface area contributed by atoms with E-state index in [2.05, 4.69) is 37.7 Å². The number of aryl methyl sites for hydroxylation is 1. The number of hydrazone groups is 1. The molecule has 0 radical (unpaired) electrons. The lowest BCUT2D eigenvalue weighted by atomic mass is 10.1. The van der Waals surface area contributed by atoms with Gasteiger partial charge in [-0.1, -0.05) is 42.3 Å². The molecule has 1 aliphatic heterocycles. The predicted molar refractivity (Wildman–Crippen MR) is 147 cm³/mol. The van der Waals surface area contributed by atoms with E-state index >= 15 is 0 Å². The molecule has 186 valence electrons. The number of benzene rings is 2. The fraction of sp³-hybridized carbons (Fsp3) is 0.103. The summed E-state index contributed by atoms with van der Waals surface area (Å²) in [6, 6.07) is 22.7. The SMILES string of the molecule is Cn1ccc(Nc2cccn3c(C#Cc4cccc(NC(=O)N5N=CCC5c5ccccc5)c4)cnc23)n1. The molecule has 6 rings (SSSR count). The van der Waals surface area contributed by atoms with Crippen molar-refractivity contribution in [3.63, 3.8) is 0 Å². The van der Waals surface area contributed by atoms with E-state index in [0.29, 0.717) is 12.1 Å². The molecule has 0 saturated heterocycles. The van der Waals surface area contributed by atoms with E-state index < -0.39 is 0 Å². The first kappa shape index (κ1) is 23.1. The summed E-state index contributed by atoms with van der Waals surface area (Å²) < 4.78 is 3.67. The number of carbonyl (C=O) groups is 1. The summed E-state index contributed by atoms with van der Waals surface area (Å²) >= 11 is 0. The minimum atomic E-state index is -0.285. The number of aromatic nitrogens is 4. The third kappa shape index (κ3) is 4.70. The van der Waals surface area contributed by atoms with E-state index in [9.17, 15) is 4.79 Å². The summed E-state index contributed by atoms with van der Waals surface area (Å²) in [5.74, 6) is 7.13. The molecule has 5 aromatic rings. The van der Waals surface area contributed by atoms with Gasteiger partial charge in [0.15, 0.2) is 11.5 Å². The molecule has 4 heterocycles. The maximum absolute atomic E-state index is 13.0. The van der Waals surface area contributed by atoms with Crippen LogP contribution in [0.1, 0.15) is 29.3 Å². The van der Waals surface area contributed by atoms with Crippen molar-refractivity contribution in [2.45, 2.75) is 12.5 Å². The van der Waals surface area contributed by atoms with Crippen molar-refractivity contribution in [3.8, 4) is 11.8 Å². The maximum Gasteiger partial charge on any atom is 0.342 e. The number of urea groups is 1. The van der Waals surface area contributed by atoms with Crippen molar-refractivity contribution >= 4 is 35.1 Å². The number of rotatable bonds is 4. The minimum absolute atomic E-state index is 0.119. The highest BCUT2D eigenvalue weighted by Gasteiger charge is 2.28. The highest BCUT2D eigenvalue weighted by atomic mass is 16.2. The van der Waals surface area contributed by atoms with Gasteiger partial charge in [-0.05, 0) is 41.8 Å². The maximum atomic E-state index is 13.0. The van der Waals surface area contributed by atoms with Crippen molar-refractivity contribution < 1.29 is 4.79 Å². The quantitative estimate of drug-likeness (QED) is 0.333. The Morgan fingerprint density at radius 3 is 2.74 bits per heavy atom. The van der Waals surface area contributed by atoms with E-state index in [1.54, 1.807) is 17.1 Å². The van der Waals surface area contributed by atoms with Gasteiger partial charge in [-0.2, -0.15) is 10.2 Å². The van der Waals surface area contributed by atoms with Crippen molar-refractivity contribution in [2.75, 3.05) is 10.6 Å². The number of hydrogen-bond acceptors (Lipinski definition) is 5. The molecule has 0 bridgehead atoms. The third-order valence-electron chi connectivity index (χ3n) is 6.18. The van der Waals surface area contributed by atoms with Gasteiger partial charge in [-0.25, -0.2) is 14.8 Å². The van der Waals surface area contributed by atoms with Gasteiger partial charge in [0.2, 0.25) is 0 Å². The molecule has 2 aromatic carbocycles. The third-order valence-corrected chi connectivity index (χ3v) is 6.18. The normalized spacial score (nSPS) is 14.3. The molecule has 9 nitrogen and oxygen atoms in total. The second-order valence-electron chi connectivity index (χ2n) is 8.82. The van der Waals surface area contributed by atoms with E-state index in [4.69, 9.17) is 0 Å². The lowest BCUT2D eigenvalue weighted by molar-refractivity contribution is 0.200. The number of pyridine rings is 1. The average molecular weight is 501 g/mol. The number of carbonyl (C=O) groups excluding carboxylic acids is 1. The van der Waals surface area contributed by atoms with E-state index in [0.717, 1.165) is 34.0 Å². The first-order valence-electron chi connectivity index (χ1n) is 12.2. The molecule has 0 spiro atoms. The molecule has 1 atom stereocenters. The Kier molecular flexibility index (Phi) is 6.04. The summed E-state index contributed by atoms with van der Waals surface area (Å²) in [4.78, 5) is 17.6. The van der Waals surface area contributed by atoms with Crippen LogP contribution in [0.15, 0.2) is 96.5 Å². The molecular formula is C29H24N8O. The lowest BCUT2D eigenvalue weighted by Gasteiger charge is -2.22. The largest absolute Gasteiger partial charge is 0.342 e. The zero-order valence-electron chi connectivity index (χ0n) is 20.6. The van der Waals surface area contributed by atoms with Gasteiger partial charge in [0, 0.05) is 49.4 Å². The number of fused-ring (bicyclic) bond motifs is 1. The molecule has 0 fully saturated rings. The van der Waals surface area contributed by atoms with Gasteiger partial charge in [-0.15, -0.1) is 0 Å². The van der Waals surface area contributed by atoms with Crippen LogP contribution >= 0.6 is 0 Å². The van der Waals surface area contributed by atoms with Crippen LogP contribution in [0.5, 0.6) is 0 Å². The van der Waals surface area contributed by atoms with Crippen LogP contribution in [-0.2, 0) is 7.05 Å². The number of anilines is 3. The molecule has 3 aromatic heterocycles. The molecule has 38 heavy (non-hydrogen) atoms. The highest BCUT2D eigenvalue weighted by molar-refractivity contribution is 5.91. The molecule has 1 aliphatic rings. The number of amides is 2.